The molecule has 0 unspecified atom stereocenters. The van der Waals surface area contributed by atoms with Crippen molar-refractivity contribution in [1.82, 2.24) is 14.8 Å². The van der Waals surface area contributed by atoms with Crippen LogP contribution in [0.2, 0.25) is 0 Å². The molecule has 196 valence electrons. The Kier molecular flexibility index (Phi) is 8.37. The third kappa shape index (κ3) is 6.62. The number of nitro benzene ring substituents is 1. The number of nitrogens with one attached hydrogen (secondary N) is 1. The van der Waals surface area contributed by atoms with Gasteiger partial charge in [-0.1, -0.05) is 15.9 Å². The molecule has 4 rings (SSSR count). The second-order valence-corrected chi connectivity index (χ2v) is 9.85. The molecule has 0 radical (unpaired) electrons. The third-order valence-electron chi connectivity index (χ3n) is 6.33. The van der Waals surface area contributed by atoms with Gasteiger partial charge in [0.25, 0.3) is 5.69 Å². The smallest absolute Gasteiger partial charge is 0.338 e. The van der Waals surface area contributed by atoms with Crippen LogP contribution in [0.15, 0.2) is 41.0 Å². The summed E-state index contributed by atoms with van der Waals surface area (Å²) in [6.45, 7) is 1.03. The Morgan fingerprint density at radius 3 is 2.84 bits per heavy atom. The topological polar surface area (TPSA) is 121 Å². The fraction of sp³-hybridized carbons (Fsp3) is 0.400. The van der Waals surface area contributed by atoms with E-state index in [0.717, 1.165) is 31.7 Å². The summed E-state index contributed by atoms with van der Waals surface area (Å²) in [6, 6.07) is 7.44. The van der Waals surface area contributed by atoms with E-state index in [9.17, 15) is 19.3 Å². The highest BCUT2D eigenvalue weighted by Crippen LogP contribution is 2.40. The SMILES string of the molecule is COC(=O)c1cc(F)nc(-c2cnn(C)c2OCCC[C@H](CNc2ccc(Br)cc2[N+](=O)[O-])C2CC2)c1. The molecule has 1 fully saturated rings. The predicted molar refractivity (Wildman–Crippen MR) is 138 cm³/mol. The summed E-state index contributed by atoms with van der Waals surface area (Å²) in [6.07, 6.45) is 5.44. The van der Waals surface area contributed by atoms with Crippen LogP contribution in [0.4, 0.5) is 15.8 Å². The van der Waals surface area contributed by atoms with Crippen molar-refractivity contribution < 1.29 is 23.6 Å². The molecule has 0 spiro atoms. The number of esters is 1. The number of aromatic nitrogens is 3. The molecule has 10 nitrogen and oxygen atoms in total. The molecule has 0 aliphatic heterocycles. The van der Waals surface area contributed by atoms with Crippen LogP contribution in [0.1, 0.15) is 36.0 Å². The zero-order valence-electron chi connectivity index (χ0n) is 20.4. The van der Waals surface area contributed by atoms with Crippen LogP contribution in [0, 0.1) is 27.9 Å². The van der Waals surface area contributed by atoms with Crippen molar-refractivity contribution in [3.63, 3.8) is 0 Å². The molecule has 2 heterocycles. The normalized spacial score (nSPS) is 13.7. The minimum atomic E-state index is -0.807. The number of carbonyl (C=O) groups excluding carboxylic acids is 1. The van der Waals surface area contributed by atoms with Crippen LogP contribution < -0.4 is 10.1 Å². The second-order valence-electron chi connectivity index (χ2n) is 8.93. The Morgan fingerprint density at radius 1 is 1.35 bits per heavy atom. The largest absolute Gasteiger partial charge is 0.477 e. The maximum absolute atomic E-state index is 14.1. The van der Waals surface area contributed by atoms with E-state index in [1.165, 1.54) is 30.1 Å². The number of ether oxygens (including phenoxy) is 2. The van der Waals surface area contributed by atoms with Crippen LogP contribution in [0.3, 0.4) is 0 Å². The van der Waals surface area contributed by atoms with Crippen LogP contribution >= 0.6 is 15.9 Å². The van der Waals surface area contributed by atoms with E-state index in [-0.39, 0.29) is 21.9 Å². The van der Waals surface area contributed by atoms with Crippen molar-refractivity contribution in [2.75, 3.05) is 25.6 Å². The maximum Gasteiger partial charge on any atom is 0.338 e. The molecule has 1 aliphatic carbocycles. The van der Waals surface area contributed by atoms with Gasteiger partial charge in [-0.3, -0.25) is 10.1 Å². The number of methoxy groups -OCH3 is 1. The minimum Gasteiger partial charge on any atom is -0.477 e. The summed E-state index contributed by atoms with van der Waals surface area (Å²) in [4.78, 5) is 26.8. The summed E-state index contributed by atoms with van der Waals surface area (Å²) in [5.41, 5.74) is 1.28. The molecule has 0 bridgehead atoms. The number of anilines is 1. The first-order chi connectivity index (χ1) is 17.8. The lowest BCUT2D eigenvalue weighted by Crippen LogP contribution is -2.18. The zero-order valence-corrected chi connectivity index (χ0v) is 22.0. The number of hydrogen-bond acceptors (Lipinski definition) is 8. The highest BCUT2D eigenvalue weighted by Gasteiger charge is 2.31. The standard InChI is InChI=1S/C25H27BrFN5O5/c1-31-24(19(14-29-31)21-10-17(25(33)36-2)11-23(27)30-21)37-9-3-4-16(15-5-6-15)13-28-20-8-7-18(26)12-22(20)32(34)35/h7-8,10-12,14-16,28H,3-6,9,13H2,1-2H3/t16-/m1/s1. The van der Waals surface area contributed by atoms with Gasteiger partial charge < -0.3 is 14.8 Å². The number of hydrogen-bond donors (Lipinski definition) is 1. The summed E-state index contributed by atoms with van der Waals surface area (Å²) in [7, 11) is 2.94. The van der Waals surface area contributed by atoms with Gasteiger partial charge in [0.15, 0.2) is 0 Å². The Morgan fingerprint density at radius 2 is 2.14 bits per heavy atom. The predicted octanol–water partition coefficient (Wildman–Crippen LogP) is 5.38. The molecule has 1 N–H and O–H groups in total. The Bertz CT molecular complexity index is 1300. The van der Waals surface area contributed by atoms with Gasteiger partial charge in [-0.25, -0.2) is 14.5 Å². The van der Waals surface area contributed by atoms with Gasteiger partial charge in [-0.05, 0) is 55.7 Å². The third-order valence-corrected chi connectivity index (χ3v) is 6.83. The molecule has 1 atom stereocenters. The number of nitrogens with zero attached hydrogens (tertiary/aromatic N) is 4. The van der Waals surface area contributed by atoms with Crippen LogP contribution in [0.25, 0.3) is 11.3 Å². The monoisotopic (exact) mass is 575 g/mol. The van der Waals surface area contributed by atoms with Gasteiger partial charge in [0.05, 0.1) is 41.7 Å². The molecule has 2 aromatic heterocycles. The van der Waals surface area contributed by atoms with E-state index in [2.05, 4.69) is 36.1 Å². The molecule has 1 saturated carbocycles. The van der Waals surface area contributed by atoms with Crippen LogP contribution in [0.5, 0.6) is 5.88 Å². The number of carbonyl (C=O) groups is 1. The number of aryl methyl sites for hydroxylation is 1. The first kappa shape index (κ1) is 26.5. The molecule has 37 heavy (non-hydrogen) atoms. The summed E-state index contributed by atoms with van der Waals surface area (Å²) in [5.74, 6) is -0.117. The quantitative estimate of drug-likeness (QED) is 0.100. The lowest BCUT2D eigenvalue weighted by atomic mass is 9.97. The first-order valence-corrected chi connectivity index (χ1v) is 12.6. The Labute approximate surface area is 221 Å². The van der Waals surface area contributed by atoms with Crippen molar-refractivity contribution in [1.29, 1.82) is 0 Å². The molecule has 1 aliphatic rings. The molecule has 0 saturated heterocycles. The van der Waals surface area contributed by atoms with Crippen molar-refractivity contribution in [2.24, 2.45) is 18.9 Å². The minimum absolute atomic E-state index is 0.0392. The lowest BCUT2D eigenvalue weighted by Gasteiger charge is -2.18. The van der Waals surface area contributed by atoms with Crippen LogP contribution in [-0.4, -0.2) is 45.9 Å². The molecule has 12 heteroatoms. The number of rotatable bonds is 12. The fourth-order valence-electron chi connectivity index (χ4n) is 4.28. The Hall–Kier alpha value is -3.54. The first-order valence-electron chi connectivity index (χ1n) is 11.9. The van der Waals surface area contributed by atoms with Crippen molar-refractivity contribution in [3.8, 4) is 17.1 Å². The van der Waals surface area contributed by atoms with Gasteiger partial charge >= 0.3 is 5.97 Å². The summed E-state index contributed by atoms with van der Waals surface area (Å²) >= 11 is 3.28. The summed E-state index contributed by atoms with van der Waals surface area (Å²) < 4.78 is 27.0. The number of pyridine rings is 1. The molecular weight excluding hydrogens is 549 g/mol. The van der Waals surface area contributed by atoms with E-state index in [4.69, 9.17) is 4.74 Å². The molecule has 1 aromatic carbocycles. The molecular formula is C25H27BrFN5O5. The van der Waals surface area contributed by atoms with Gasteiger partial charge in [-0.15, -0.1) is 0 Å². The van der Waals surface area contributed by atoms with Crippen molar-refractivity contribution in [3.05, 3.63) is 62.6 Å². The van der Waals surface area contributed by atoms with E-state index in [1.54, 1.807) is 19.2 Å². The van der Waals surface area contributed by atoms with E-state index in [0.29, 0.717) is 46.6 Å². The highest BCUT2D eigenvalue weighted by atomic mass is 79.9. The number of benzene rings is 1. The van der Waals surface area contributed by atoms with E-state index >= 15 is 0 Å². The van der Waals surface area contributed by atoms with Crippen LogP contribution in [-0.2, 0) is 11.8 Å². The maximum atomic E-state index is 14.1. The molecule has 0 amide bonds. The molecule has 3 aromatic rings. The van der Waals surface area contributed by atoms with E-state index in [1.807, 2.05) is 0 Å². The lowest BCUT2D eigenvalue weighted by molar-refractivity contribution is -0.384. The van der Waals surface area contributed by atoms with Crippen molar-refractivity contribution >= 4 is 33.3 Å². The summed E-state index contributed by atoms with van der Waals surface area (Å²) in [5, 5.41) is 18.9. The fourth-order valence-corrected chi connectivity index (χ4v) is 4.63. The van der Waals surface area contributed by atoms with Crippen molar-refractivity contribution in [2.45, 2.75) is 25.7 Å². The number of halogens is 2. The van der Waals surface area contributed by atoms with Gasteiger partial charge in [0.1, 0.15) is 5.69 Å². The Balaban J connectivity index is 1.37. The average Bonchev–Trinajstić information content (AvgIpc) is 3.65. The highest BCUT2D eigenvalue weighted by molar-refractivity contribution is 9.10. The average molecular weight is 576 g/mol. The second kappa shape index (κ2) is 11.7. The van der Waals surface area contributed by atoms with Gasteiger partial charge in [0, 0.05) is 30.2 Å². The zero-order chi connectivity index (χ0) is 26.5. The van der Waals surface area contributed by atoms with Gasteiger partial charge in [-0.2, -0.15) is 9.49 Å². The van der Waals surface area contributed by atoms with E-state index < -0.39 is 11.9 Å². The van der Waals surface area contributed by atoms with Gasteiger partial charge in [0.2, 0.25) is 11.8 Å². The number of nitro groups is 1.